The molecule has 32 heavy (non-hydrogen) atoms. The number of hydrogen-bond donors (Lipinski definition) is 2. The van der Waals surface area contributed by atoms with Gasteiger partial charge in [0.2, 0.25) is 0 Å². The average molecular weight is 450 g/mol. The van der Waals surface area contributed by atoms with Crippen LogP contribution in [0, 0.1) is 6.92 Å². The SMILES string of the molecule is Cc1cccc(C(O)C(=O)N2CCc3nc(C4(c5ccc(Cl)cc5)CC4)[nH]c(=O)c3C2)c1. The Labute approximate surface area is 190 Å². The summed E-state index contributed by atoms with van der Waals surface area (Å²) < 4.78 is 0. The first-order chi connectivity index (χ1) is 15.4. The molecule has 1 amide bonds. The second-order valence-corrected chi connectivity index (χ2v) is 9.19. The average Bonchev–Trinajstić information content (AvgIpc) is 3.60. The van der Waals surface area contributed by atoms with E-state index in [1.54, 1.807) is 12.1 Å². The van der Waals surface area contributed by atoms with E-state index in [4.69, 9.17) is 16.6 Å². The highest BCUT2D eigenvalue weighted by atomic mass is 35.5. The van der Waals surface area contributed by atoms with Crippen molar-refractivity contribution in [2.24, 2.45) is 0 Å². The molecule has 1 aliphatic heterocycles. The summed E-state index contributed by atoms with van der Waals surface area (Å²) in [6.45, 7) is 2.48. The van der Waals surface area contributed by atoms with Gasteiger partial charge in [0.1, 0.15) is 5.82 Å². The van der Waals surface area contributed by atoms with E-state index in [1.165, 1.54) is 4.90 Å². The number of amides is 1. The van der Waals surface area contributed by atoms with Crippen molar-refractivity contribution in [3.63, 3.8) is 0 Å². The van der Waals surface area contributed by atoms with Crippen LogP contribution in [0.4, 0.5) is 0 Å². The molecule has 164 valence electrons. The number of nitrogens with zero attached hydrogens (tertiary/aromatic N) is 2. The lowest BCUT2D eigenvalue weighted by atomic mass is 9.94. The van der Waals surface area contributed by atoms with Crippen LogP contribution in [0.1, 0.15) is 52.7 Å². The molecule has 2 N–H and O–H groups in total. The standard InChI is InChI=1S/C25H24ClN3O3/c1-15-3-2-4-16(13-15)21(30)23(32)29-12-9-20-19(14-29)22(31)28-24(27-20)25(10-11-25)17-5-7-18(26)8-6-17/h2-8,13,21,30H,9-12,14H2,1H3,(H,27,28,31). The maximum absolute atomic E-state index is 13.0. The van der Waals surface area contributed by atoms with Crippen molar-refractivity contribution in [2.75, 3.05) is 6.54 Å². The van der Waals surface area contributed by atoms with Crippen LogP contribution >= 0.6 is 11.6 Å². The van der Waals surface area contributed by atoms with Crippen LogP contribution in [-0.2, 0) is 23.2 Å². The number of fused-ring (bicyclic) bond motifs is 1. The van der Waals surface area contributed by atoms with E-state index in [0.29, 0.717) is 34.9 Å². The summed E-state index contributed by atoms with van der Waals surface area (Å²) in [6, 6.07) is 15.0. The van der Waals surface area contributed by atoms with Gasteiger partial charge in [-0.1, -0.05) is 53.6 Å². The topological polar surface area (TPSA) is 86.3 Å². The third-order valence-corrected chi connectivity index (χ3v) is 6.82. The Balaban J connectivity index is 1.40. The first-order valence-corrected chi connectivity index (χ1v) is 11.2. The summed E-state index contributed by atoms with van der Waals surface area (Å²) >= 11 is 6.03. The minimum Gasteiger partial charge on any atom is -0.378 e. The molecule has 2 aliphatic rings. The van der Waals surface area contributed by atoms with Gasteiger partial charge in [0, 0.05) is 18.0 Å². The summed E-state index contributed by atoms with van der Waals surface area (Å²) in [4.78, 5) is 35.2. The summed E-state index contributed by atoms with van der Waals surface area (Å²) in [5.41, 5.74) is 3.37. The zero-order valence-electron chi connectivity index (χ0n) is 17.8. The van der Waals surface area contributed by atoms with E-state index < -0.39 is 12.0 Å². The Bertz CT molecular complexity index is 1250. The zero-order valence-corrected chi connectivity index (χ0v) is 18.5. The van der Waals surface area contributed by atoms with Gasteiger partial charge in [0.15, 0.2) is 6.10 Å². The van der Waals surface area contributed by atoms with Crippen LogP contribution in [0.3, 0.4) is 0 Å². The summed E-state index contributed by atoms with van der Waals surface area (Å²) in [5, 5.41) is 11.3. The van der Waals surface area contributed by atoms with Gasteiger partial charge in [-0.2, -0.15) is 0 Å². The van der Waals surface area contributed by atoms with Crippen molar-refractivity contribution in [3.05, 3.63) is 97.7 Å². The number of aromatic nitrogens is 2. The number of rotatable bonds is 4. The summed E-state index contributed by atoms with van der Waals surface area (Å²) in [6.07, 6.45) is 1.07. The highest BCUT2D eigenvalue weighted by molar-refractivity contribution is 6.30. The number of halogens is 1. The first-order valence-electron chi connectivity index (χ1n) is 10.8. The van der Waals surface area contributed by atoms with Gasteiger partial charge in [0.05, 0.1) is 23.2 Å². The number of nitrogens with one attached hydrogen (secondary N) is 1. The van der Waals surface area contributed by atoms with E-state index in [1.807, 2.05) is 43.3 Å². The second-order valence-electron chi connectivity index (χ2n) is 8.76. The molecule has 7 heteroatoms. The number of aliphatic hydroxyl groups excluding tert-OH is 1. The van der Waals surface area contributed by atoms with Gasteiger partial charge in [-0.25, -0.2) is 4.98 Å². The van der Waals surface area contributed by atoms with Crippen molar-refractivity contribution >= 4 is 17.5 Å². The van der Waals surface area contributed by atoms with Gasteiger partial charge in [-0.3, -0.25) is 9.59 Å². The third-order valence-electron chi connectivity index (χ3n) is 6.57. The monoisotopic (exact) mass is 449 g/mol. The van der Waals surface area contributed by atoms with Crippen molar-refractivity contribution in [2.45, 2.75) is 44.2 Å². The molecular weight excluding hydrogens is 426 g/mol. The molecule has 1 atom stereocenters. The van der Waals surface area contributed by atoms with Gasteiger partial charge >= 0.3 is 0 Å². The lowest BCUT2D eigenvalue weighted by Crippen LogP contribution is -2.42. The van der Waals surface area contributed by atoms with Crippen molar-refractivity contribution < 1.29 is 9.90 Å². The minimum atomic E-state index is -1.25. The van der Waals surface area contributed by atoms with Gasteiger partial charge < -0.3 is 15.0 Å². The molecule has 0 radical (unpaired) electrons. The van der Waals surface area contributed by atoms with E-state index in [0.717, 1.165) is 29.7 Å². The molecule has 0 bridgehead atoms. The fourth-order valence-electron chi connectivity index (χ4n) is 4.55. The molecule has 1 aromatic heterocycles. The fourth-order valence-corrected chi connectivity index (χ4v) is 4.68. The van der Waals surface area contributed by atoms with Crippen LogP contribution < -0.4 is 5.56 Å². The predicted octanol–water partition coefficient (Wildman–Crippen LogP) is 3.43. The minimum absolute atomic E-state index is 0.146. The Morgan fingerprint density at radius 3 is 2.66 bits per heavy atom. The van der Waals surface area contributed by atoms with Crippen LogP contribution in [0.25, 0.3) is 0 Å². The molecule has 0 spiro atoms. The van der Waals surface area contributed by atoms with Crippen molar-refractivity contribution in [1.82, 2.24) is 14.9 Å². The molecule has 0 saturated heterocycles. The highest BCUT2D eigenvalue weighted by Crippen LogP contribution is 2.52. The molecule has 1 aliphatic carbocycles. The third kappa shape index (κ3) is 3.63. The van der Waals surface area contributed by atoms with Crippen LogP contribution in [0.2, 0.25) is 5.02 Å². The van der Waals surface area contributed by atoms with Crippen LogP contribution in [0.5, 0.6) is 0 Å². The molecule has 2 heterocycles. The number of aromatic amines is 1. The molecule has 1 fully saturated rings. The molecule has 2 aromatic carbocycles. The Morgan fingerprint density at radius 2 is 1.97 bits per heavy atom. The molecule has 1 saturated carbocycles. The number of aliphatic hydroxyl groups is 1. The first kappa shape index (κ1) is 20.9. The second kappa shape index (κ2) is 7.87. The Morgan fingerprint density at radius 1 is 1.22 bits per heavy atom. The molecule has 3 aromatic rings. The van der Waals surface area contributed by atoms with Gasteiger partial charge in [-0.05, 0) is 43.0 Å². The lowest BCUT2D eigenvalue weighted by Gasteiger charge is -2.30. The maximum atomic E-state index is 13.0. The van der Waals surface area contributed by atoms with Crippen LogP contribution in [0.15, 0.2) is 53.3 Å². The number of aryl methyl sites for hydroxylation is 1. The summed E-state index contributed by atoms with van der Waals surface area (Å²) in [7, 11) is 0. The smallest absolute Gasteiger partial charge is 0.256 e. The summed E-state index contributed by atoms with van der Waals surface area (Å²) in [5.74, 6) is 0.285. The lowest BCUT2D eigenvalue weighted by molar-refractivity contribution is -0.141. The number of carbonyl (C=O) groups is 1. The number of carbonyl (C=O) groups excluding carboxylic acids is 1. The van der Waals surface area contributed by atoms with Gasteiger partial charge in [-0.15, -0.1) is 0 Å². The fraction of sp³-hybridized carbons (Fsp3) is 0.320. The van der Waals surface area contributed by atoms with E-state index in [2.05, 4.69) is 4.98 Å². The van der Waals surface area contributed by atoms with Crippen molar-refractivity contribution in [1.29, 1.82) is 0 Å². The van der Waals surface area contributed by atoms with E-state index in [9.17, 15) is 14.7 Å². The Kier molecular flexibility index (Phi) is 5.14. The molecular formula is C25H24ClN3O3. The van der Waals surface area contributed by atoms with Gasteiger partial charge in [0.25, 0.3) is 11.5 Å². The zero-order chi connectivity index (χ0) is 22.5. The Hall–Kier alpha value is -2.96. The van der Waals surface area contributed by atoms with Crippen molar-refractivity contribution in [3.8, 4) is 0 Å². The number of benzene rings is 2. The molecule has 5 rings (SSSR count). The van der Waals surface area contributed by atoms with Crippen LogP contribution in [-0.4, -0.2) is 32.4 Å². The van der Waals surface area contributed by atoms with E-state index in [-0.39, 0.29) is 17.5 Å². The highest BCUT2D eigenvalue weighted by Gasteiger charge is 2.48. The number of hydrogen-bond acceptors (Lipinski definition) is 4. The maximum Gasteiger partial charge on any atom is 0.256 e. The molecule has 6 nitrogen and oxygen atoms in total. The predicted molar refractivity (Wildman–Crippen MR) is 122 cm³/mol. The molecule has 1 unspecified atom stereocenters. The normalized spacial score (nSPS) is 17.5. The number of H-pyrrole nitrogens is 1. The van der Waals surface area contributed by atoms with E-state index >= 15 is 0 Å². The largest absolute Gasteiger partial charge is 0.378 e. The quantitative estimate of drug-likeness (QED) is 0.639.